The van der Waals surface area contributed by atoms with Crippen molar-refractivity contribution in [1.29, 1.82) is 0 Å². The van der Waals surface area contributed by atoms with Crippen molar-refractivity contribution < 1.29 is 5.11 Å². The molecule has 2 N–H and O–H groups in total. The third-order valence-corrected chi connectivity index (χ3v) is 5.96. The van der Waals surface area contributed by atoms with E-state index in [2.05, 4.69) is 100 Å². The van der Waals surface area contributed by atoms with Crippen molar-refractivity contribution in [2.45, 2.75) is 12.3 Å². The lowest BCUT2D eigenvalue weighted by molar-refractivity contribution is 0.512. The number of rotatable bonds is 8. The molecular weight excluding hydrogens is 458 g/mol. The van der Waals surface area contributed by atoms with Gasteiger partial charge < -0.3 is 10.4 Å². The lowest BCUT2D eigenvalue weighted by Crippen LogP contribution is -1.88. The lowest BCUT2D eigenvalue weighted by Gasteiger charge is -2.07. The highest BCUT2D eigenvalue weighted by Crippen LogP contribution is 2.31. The first-order valence-corrected chi connectivity index (χ1v) is 11.5. The van der Waals surface area contributed by atoms with E-state index in [-0.39, 0.29) is 5.76 Å². The Labute approximate surface area is 198 Å². The van der Waals surface area contributed by atoms with Crippen molar-refractivity contribution in [3.05, 3.63) is 130 Å². The molecule has 0 atom stereocenters. The largest absolute Gasteiger partial charge is 0.507 e. The summed E-state index contributed by atoms with van der Waals surface area (Å²) in [6.07, 6.45) is 13.4. The Hall–Kier alpha value is -3.30. The molecule has 4 rings (SSSR count). The van der Waals surface area contributed by atoms with Crippen LogP contribution in [0.15, 0.2) is 108 Å². The van der Waals surface area contributed by atoms with Crippen LogP contribution in [0.3, 0.4) is 0 Å². The molecular formula is C29H26BrNO. The Morgan fingerprint density at radius 2 is 1.56 bits per heavy atom. The van der Waals surface area contributed by atoms with Crippen LogP contribution in [0.1, 0.15) is 34.6 Å². The maximum absolute atomic E-state index is 10.8. The van der Waals surface area contributed by atoms with Crippen LogP contribution in [-0.2, 0) is 0 Å². The fourth-order valence-electron chi connectivity index (χ4n) is 3.45. The van der Waals surface area contributed by atoms with Crippen LogP contribution in [0.4, 0.5) is 5.69 Å². The molecule has 3 heteroatoms. The molecule has 1 aliphatic carbocycles. The van der Waals surface area contributed by atoms with Crippen molar-refractivity contribution in [3.63, 3.8) is 0 Å². The summed E-state index contributed by atoms with van der Waals surface area (Å²) in [7, 11) is 1.92. The van der Waals surface area contributed by atoms with Gasteiger partial charge in [-0.05, 0) is 59.0 Å². The number of halogens is 1. The SMILES string of the molecule is CNc1ccc(/C=C/C/C=C(\C=C(/O)c2ccc(Br)cc2)c2ccc(C3C=C3)cc2)cc1. The number of anilines is 1. The van der Waals surface area contributed by atoms with Gasteiger partial charge in [0.15, 0.2) is 0 Å². The van der Waals surface area contributed by atoms with Gasteiger partial charge in [0, 0.05) is 28.7 Å². The number of allylic oxidation sites excluding steroid dienone is 6. The van der Waals surface area contributed by atoms with Gasteiger partial charge in [0.25, 0.3) is 0 Å². The van der Waals surface area contributed by atoms with Crippen LogP contribution >= 0.6 is 15.9 Å². The van der Waals surface area contributed by atoms with Crippen molar-refractivity contribution in [2.75, 3.05) is 12.4 Å². The zero-order valence-electron chi connectivity index (χ0n) is 18.0. The van der Waals surface area contributed by atoms with Crippen LogP contribution in [-0.4, -0.2) is 12.2 Å². The van der Waals surface area contributed by atoms with E-state index in [9.17, 15) is 5.11 Å². The molecule has 0 unspecified atom stereocenters. The van der Waals surface area contributed by atoms with Gasteiger partial charge in [0.05, 0.1) is 0 Å². The van der Waals surface area contributed by atoms with Gasteiger partial charge in [-0.25, -0.2) is 0 Å². The normalized spacial score (nSPS) is 14.2. The summed E-state index contributed by atoms with van der Waals surface area (Å²) in [4.78, 5) is 0. The van der Waals surface area contributed by atoms with Gasteiger partial charge in [-0.1, -0.05) is 94.8 Å². The molecule has 2 nitrogen and oxygen atoms in total. The average Bonchev–Trinajstić information content (AvgIpc) is 3.67. The topological polar surface area (TPSA) is 32.3 Å². The summed E-state index contributed by atoms with van der Waals surface area (Å²) in [6, 6.07) is 24.6. The van der Waals surface area contributed by atoms with Crippen LogP contribution in [0, 0.1) is 0 Å². The van der Waals surface area contributed by atoms with E-state index in [1.54, 1.807) is 0 Å². The number of aliphatic hydroxyl groups is 1. The first-order chi connectivity index (χ1) is 15.6. The molecule has 0 spiro atoms. The molecule has 0 radical (unpaired) electrons. The average molecular weight is 484 g/mol. The third-order valence-electron chi connectivity index (χ3n) is 5.43. The van der Waals surface area contributed by atoms with E-state index >= 15 is 0 Å². The molecule has 0 aliphatic heterocycles. The summed E-state index contributed by atoms with van der Waals surface area (Å²) >= 11 is 3.45. The second-order valence-corrected chi connectivity index (χ2v) is 8.65. The molecule has 32 heavy (non-hydrogen) atoms. The first-order valence-electron chi connectivity index (χ1n) is 10.7. The fourth-order valence-corrected chi connectivity index (χ4v) is 3.71. The summed E-state index contributed by atoms with van der Waals surface area (Å²) in [6.45, 7) is 0. The zero-order valence-corrected chi connectivity index (χ0v) is 19.6. The van der Waals surface area contributed by atoms with E-state index in [4.69, 9.17) is 0 Å². The van der Waals surface area contributed by atoms with Crippen LogP contribution in [0.25, 0.3) is 17.4 Å². The second-order valence-electron chi connectivity index (χ2n) is 7.74. The smallest absolute Gasteiger partial charge is 0.123 e. The van der Waals surface area contributed by atoms with Gasteiger partial charge in [0.2, 0.25) is 0 Å². The molecule has 0 amide bonds. The Balaban J connectivity index is 1.56. The molecule has 3 aromatic carbocycles. The van der Waals surface area contributed by atoms with Gasteiger partial charge in [-0.15, -0.1) is 0 Å². The molecule has 1 aliphatic rings. The minimum atomic E-state index is 0.253. The Morgan fingerprint density at radius 1 is 0.906 bits per heavy atom. The predicted molar refractivity (Wildman–Crippen MR) is 141 cm³/mol. The molecule has 0 saturated heterocycles. The summed E-state index contributed by atoms with van der Waals surface area (Å²) in [5, 5.41) is 13.9. The Bertz CT molecular complexity index is 1160. The maximum Gasteiger partial charge on any atom is 0.123 e. The van der Waals surface area contributed by atoms with Crippen molar-refractivity contribution in [2.24, 2.45) is 0 Å². The summed E-state index contributed by atoms with van der Waals surface area (Å²) in [5.41, 5.74) is 6.44. The molecule has 0 fully saturated rings. The number of hydrogen-bond acceptors (Lipinski definition) is 2. The highest BCUT2D eigenvalue weighted by molar-refractivity contribution is 9.10. The number of aliphatic hydroxyl groups excluding tert-OH is 1. The Morgan fingerprint density at radius 3 is 2.19 bits per heavy atom. The number of benzene rings is 3. The van der Waals surface area contributed by atoms with E-state index in [1.165, 1.54) is 5.56 Å². The summed E-state index contributed by atoms with van der Waals surface area (Å²) < 4.78 is 0.988. The van der Waals surface area contributed by atoms with E-state index < -0.39 is 0 Å². The van der Waals surface area contributed by atoms with Gasteiger partial charge in [0.1, 0.15) is 5.76 Å². The van der Waals surface area contributed by atoms with Crippen molar-refractivity contribution in [3.8, 4) is 0 Å². The highest BCUT2D eigenvalue weighted by atomic mass is 79.9. The third kappa shape index (κ3) is 5.89. The predicted octanol–water partition coefficient (Wildman–Crippen LogP) is 8.23. The number of hydrogen-bond donors (Lipinski definition) is 2. The standard InChI is InChI=1S/C29H26BrNO/c1-31-28-18-6-21(7-19-28)4-2-3-5-26(20-29(32)25-14-16-27(30)17-15-25)24-12-10-23(11-13-24)22-8-9-22/h2,4-20,22,31-32H,3H2,1H3/b4-2+,26-5+,29-20-. The van der Waals surface area contributed by atoms with E-state index in [1.807, 2.05) is 37.4 Å². The molecule has 0 heterocycles. The van der Waals surface area contributed by atoms with Gasteiger partial charge >= 0.3 is 0 Å². The monoisotopic (exact) mass is 483 g/mol. The fraction of sp³-hybridized carbons (Fsp3) is 0.103. The summed E-state index contributed by atoms with van der Waals surface area (Å²) in [5.74, 6) is 0.740. The van der Waals surface area contributed by atoms with E-state index in [0.717, 1.165) is 38.8 Å². The quantitative estimate of drug-likeness (QED) is 0.192. The highest BCUT2D eigenvalue weighted by Gasteiger charge is 2.13. The minimum absolute atomic E-state index is 0.253. The van der Waals surface area contributed by atoms with Crippen LogP contribution in [0.2, 0.25) is 0 Å². The maximum atomic E-state index is 10.8. The van der Waals surface area contributed by atoms with Gasteiger partial charge in [-0.3, -0.25) is 0 Å². The van der Waals surface area contributed by atoms with Gasteiger partial charge in [-0.2, -0.15) is 0 Å². The van der Waals surface area contributed by atoms with Crippen LogP contribution < -0.4 is 5.32 Å². The zero-order chi connectivity index (χ0) is 22.3. The molecule has 160 valence electrons. The molecule has 0 bridgehead atoms. The Kier molecular flexibility index (Phi) is 7.08. The molecule has 3 aromatic rings. The van der Waals surface area contributed by atoms with Crippen molar-refractivity contribution >= 4 is 39.0 Å². The minimum Gasteiger partial charge on any atom is -0.507 e. The lowest BCUT2D eigenvalue weighted by atomic mass is 9.99. The van der Waals surface area contributed by atoms with Crippen LogP contribution in [0.5, 0.6) is 0 Å². The first kappa shape index (κ1) is 21.9. The van der Waals surface area contributed by atoms with E-state index in [0.29, 0.717) is 5.92 Å². The van der Waals surface area contributed by atoms with Crippen molar-refractivity contribution in [1.82, 2.24) is 0 Å². The number of nitrogens with one attached hydrogen (secondary N) is 1. The second kappa shape index (κ2) is 10.3. The molecule has 0 aromatic heterocycles. The molecule has 0 saturated carbocycles.